The molecule has 12 nitrogen and oxygen atoms in total. The standard InChI is InChI=1S/C34H59N3O9/c1-16-22(12)25-34(43)46-27(20(8)9)30(39)36(14)23(17(2)3)32(41)44-26(19(6)7)29(38)35(13)24(18(4)5)33(42)45-28(21(10)11)31(40)37(25)15/h17-28H,16H2,1-15H3/t22-,23+,24-,25+,26+,27+,28+/m0/s1. The van der Waals surface area contributed by atoms with Gasteiger partial charge < -0.3 is 28.9 Å². The van der Waals surface area contributed by atoms with Crippen molar-refractivity contribution < 1.29 is 43.0 Å². The first-order valence-corrected chi connectivity index (χ1v) is 16.5. The Labute approximate surface area is 275 Å². The summed E-state index contributed by atoms with van der Waals surface area (Å²) in [5, 5.41) is 0. The van der Waals surface area contributed by atoms with Crippen LogP contribution in [-0.4, -0.2) is 108 Å². The van der Waals surface area contributed by atoms with Crippen LogP contribution in [0, 0.1) is 35.5 Å². The van der Waals surface area contributed by atoms with Crippen LogP contribution >= 0.6 is 0 Å². The molecule has 1 aliphatic rings. The first kappa shape index (κ1) is 40.8. The van der Waals surface area contributed by atoms with Crippen molar-refractivity contribution in [3.05, 3.63) is 0 Å². The van der Waals surface area contributed by atoms with E-state index in [9.17, 15) is 28.8 Å². The minimum absolute atomic E-state index is 0.380. The molecule has 1 fully saturated rings. The van der Waals surface area contributed by atoms with Crippen LogP contribution in [0.25, 0.3) is 0 Å². The van der Waals surface area contributed by atoms with E-state index in [1.807, 2.05) is 6.92 Å². The van der Waals surface area contributed by atoms with Gasteiger partial charge in [-0.3, -0.25) is 14.4 Å². The summed E-state index contributed by atoms with van der Waals surface area (Å²) in [5.41, 5.74) is 0. The monoisotopic (exact) mass is 653 g/mol. The molecule has 1 aliphatic heterocycles. The molecule has 7 atom stereocenters. The van der Waals surface area contributed by atoms with Gasteiger partial charge in [0.25, 0.3) is 17.7 Å². The number of hydrogen-bond acceptors (Lipinski definition) is 9. The lowest BCUT2D eigenvalue weighted by Gasteiger charge is -2.38. The third kappa shape index (κ3) is 9.44. The second-order valence-electron chi connectivity index (χ2n) is 14.4. The van der Waals surface area contributed by atoms with Gasteiger partial charge in [-0.25, -0.2) is 14.4 Å². The molecule has 0 saturated carbocycles. The van der Waals surface area contributed by atoms with E-state index in [0.29, 0.717) is 6.42 Å². The summed E-state index contributed by atoms with van der Waals surface area (Å²) in [5.74, 6) is -6.92. The SMILES string of the molecule is CC[C@H](C)[C@@H]1C(=O)O[C@H](C(C)C)C(=O)N(C)[C@H](C(C)C)C(=O)O[C@H](C(C)C)C(=O)N(C)[C@@H](C(C)C)C(=O)O[C@H](C(C)C)C(=O)N1C. The van der Waals surface area contributed by atoms with Crippen molar-refractivity contribution in [3.63, 3.8) is 0 Å². The highest BCUT2D eigenvalue weighted by Gasteiger charge is 2.45. The lowest BCUT2D eigenvalue weighted by Crippen LogP contribution is -2.58. The molecule has 0 aromatic carbocycles. The molecule has 264 valence electrons. The van der Waals surface area contributed by atoms with Crippen molar-refractivity contribution >= 4 is 35.6 Å². The Morgan fingerprint density at radius 2 is 0.696 bits per heavy atom. The average molecular weight is 654 g/mol. The van der Waals surface area contributed by atoms with Gasteiger partial charge in [0, 0.05) is 21.1 Å². The van der Waals surface area contributed by atoms with Crippen molar-refractivity contribution in [1.82, 2.24) is 14.7 Å². The lowest BCUT2D eigenvalue weighted by atomic mass is 9.95. The Morgan fingerprint density at radius 3 is 0.913 bits per heavy atom. The molecule has 0 spiro atoms. The summed E-state index contributed by atoms with van der Waals surface area (Å²) in [6.07, 6.45) is -3.33. The van der Waals surface area contributed by atoms with Crippen LogP contribution in [-0.2, 0) is 43.0 Å². The third-order valence-corrected chi connectivity index (χ3v) is 8.74. The number of likely N-dealkylation sites (N-methyl/N-ethyl adjacent to an activating group) is 3. The Kier molecular flexibility index (Phi) is 15.2. The van der Waals surface area contributed by atoms with Crippen LogP contribution in [0.5, 0.6) is 0 Å². The molecule has 3 amide bonds. The van der Waals surface area contributed by atoms with Gasteiger partial charge in [0.15, 0.2) is 18.3 Å². The van der Waals surface area contributed by atoms with Crippen LogP contribution in [0.2, 0.25) is 0 Å². The highest BCUT2D eigenvalue weighted by atomic mass is 16.6. The van der Waals surface area contributed by atoms with Crippen LogP contribution < -0.4 is 0 Å². The summed E-state index contributed by atoms with van der Waals surface area (Å²) in [6.45, 7) is 20.9. The fourth-order valence-electron chi connectivity index (χ4n) is 5.76. The van der Waals surface area contributed by atoms with E-state index in [4.69, 9.17) is 14.2 Å². The second kappa shape index (κ2) is 17.1. The predicted octanol–water partition coefficient (Wildman–Crippen LogP) is 3.54. The fraction of sp³-hybridized carbons (Fsp3) is 0.824. The van der Waals surface area contributed by atoms with E-state index < -0.39 is 102 Å². The fourth-order valence-corrected chi connectivity index (χ4v) is 5.76. The minimum Gasteiger partial charge on any atom is -0.450 e. The molecule has 1 saturated heterocycles. The maximum Gasteiger partial charge on any atom is 0.329 e. The van der Waals surface area contributed by atoms with Gasteiger partial charge in [-0.15, -0.1) is 0 Å². The second-order valence-corrected chi connectivity index (χ2v) is 14.4. The molecule has 0 bridgehead atoms. The molecule has 0 aromatic heterocycles. The number of amides is 3. The first-order valence-electron chi connectivity index (χ1n) is 16.5. The van der Waals surface area contributed by atoms with E-state index in [0.717, 1.165) is 0 Å². The van der Waals surface area contributed by atoms with Crippen molar-refractivity contribution in [3.8, 4) is 0 Å². The van der Waals surface area contributed by atoms with Gasteiger partial charge >= 0.3 is 17.9 Å². The number of rotatable bonds is 7. The summed E-state index contributed by atoms with van der Waals surface area (Å²) in [4.78, 5) is 86.8. The number of hydrogen-bond donors (Lipinski definition) is 0. The Hall–Kier alpha value is -3.18. The molecule has 12 heteroatoms. The van der Waals surface area contributed by atoms with Crippen LogP contribution in [0.3, 0.4) is 0 Å². The molecule has 46 heavy (non-hydrogen) atoms. The molecule has 0 radical (unpaired) electrons. The number of cyclic esters (lactones) is 3. The van der Waals surface area contributed by atoms with Gasteiger partial charge in [-0.2, -0.15) is 0 Å². The van der Waals surface area contributed by atoms with Crippen molar-refractivity contribution in [2.75, 3.05) is 21.1 Å². The van der Waals surface area contributed by atoms with E-state index in [-0.39, 0.29) is 5.92 Å². The maximum absolute atomic E-state index is 14.0. The van der Waals surface area contributed by atoms with Gasteiger partial charge in [0.05, 0.1) is 0 Å². The highest BCUT2D eigenvalue weighted by molar-refractivity contribution is 5.94. The Bertz CT molecular complexity index is 1090. The number of carbonyl (C=O) groups is 6. The molecule has 0 N–H and O–H groups in total. The zero-order chi connectivity index (χ0) is 36.0. The zero-order valence-corrected chi connectivity index (χ0v) is 30.7. The minimum atomic E-state index is -1.28. The number of esters is 3. The van der Waals surface area contributed by atoms with Gasteiger partial charge in [0.1, 0.15) is 18.1 Å². The van der Waals surface area contributed by atoms with Crippen molar-refractivity contribution in [2.24, 2.45) is 35.5 Å². The zero-order valence-electron chi connectivity index (χ0n) is 30.7. The number of nitrogens with zero attached hydrogens (tertiary/aromatic N) is 3. The largest absolute Gasteiger partial charge is 0.450 e. The third-order valence-electron chi connectivity index (χ3n) is 8.74. The number of ether oxygens (including phenoxy) is 3. The van der Waals surface area contributed by atoms with Crippen molar-refractivity contribution in [2.45, 2.75) is 126 Å². The maximum atomic E-state index is 14.0. The normalized spacial score (nSPS) is 27.8. The Balaban J connectivity index is 3.97. The summed E-state index contributed by atoms with van der Waals surface area (Å²) < 4.78 is 17.5. The smallest absolute Gasteiger partial charge is 0.329 e. The molecular weight excluding hydrogens is 594 g/mol. The van der Waals surface area contributed by atoms with Gasteiger partial charge in [-0.1, -0.05) is 89.5 Å². The number of carbonyl (C=O) groups excluding carboxylic acids is 6. The van der Waals surface area contributed by atoms with Gasteiger partial charge in [-0.05, 0) is 35.5 Å². The predicted molar refractivity (Wildman–Crippen MR) is 173 cm³/mol. The van der Waals surface area contributed by atoms with Crippen LogP contribution in [0.15, 0.2) is 0 Å². The molecule has 0 aliphatic carbocycles. The van der Waals surface area contributed by atoms with Crippen molar-refractivity contribution in [1.29, 1.82) is 0 Å². The van der Waals surface area contributed by atoms with E-state index in [2.05, 4.69) is 0 Å². The summed E-state index contributed by atoms with van der Waals surface area (Å²) in [6, 6.07) is -3.32. The molecule has 1 heterocycles. The molecular formula is C34H59N3O9. The lowest BCUT2D eigenvalue weighted by molar-refractivity contribution is -0.181. The molecule has 0 aromatic rings. The van der Waals surface area contributed by atoms with Crippen LogP contribution in [0.4, 0.5) is 0 Å². The molecule has 1 rings (SSSR count). The Morgan fingerprint density at radius 1 is 0.457 bits per heavy atom. The van der Waals surface area contributed by atoms with Crippen LogP contribution in [0.1, 0.15) is 89.5 Å². The first-order chi connectivity index (χ1) is 21.1. The quantitative estimate of drug-likeness (QED) is 0.298. The summed E-state index contributed by atoms with van der Waals surface area (Å²) in [7, 11) is 4.33. The summed E-state index contributed by atoms with van der Waals surface area (Å²) >= 11 is 0. The topological polar surface area (TPSA) is 140 Å². The van der Waals surface area contributed by atoms with Gasteiger partial charge in [0.2, 0.25) is 0 Å². The van der Waals surface area contributed by atoms with E-state index in [1.54, 1.807) is 76.2 Å². The highest BCUT2D eigenvalue weighted by Crippen LogP contribution is 2.25. The van der Waals surface area contributed by atoms with E-state index >= 15 is 0 Å². The average Bonchev–Trinajstić information content (AvgIpc) is 2.94. The van der Waals surface area contributed by atoms with E-state index in [1.165, 1.54) is 35.8 Å². The molecule has 0 unspecified atom stereocenters.